The zero-order valence-electron chi connectivity index (χ0n) is 10.3. The van der Waals surface area contributed by atoms with Crippen molar-refractivity contribution in [3.8, 4) is 0 Å². The van der Waals surface area contributed by atoms with Crippen LogP contribution in [-0.2, 0) is 0 Å². The van der Waals surface area contributed by atoms with Crippen molar-refractivity contribution in [1.29, 1.82) is 0 Å². The van der Waals surface area contributed by atoms with Crippen molar-refractivity contribution >= 4 is 5.82 Å². The number of H-pyrrole nitrogens is 2. The Bertz CT molecular complexity index is 502. The summed E-state index contributed by atoms with van der Waals surface area (Å²) in [5.74, 6) is 0.273. The SMILES string of the molecule is CC(CN)N1CCN(c2n[nH]c(=O)[nH]c2=O)CC1. The fourth-order valence-electron chi connectivity index (χ4n) is 2.08. The molecule has 8 nitrogen and oxygen atoms in total. The highest BCUT2D eigenvalue weighted by Crippen LogP contribution is 2.09. The third-order valence-electron chi connectivity index (χ3n) is 3.27. The van der Waals surface area contributed by atoms with Crippen molar-refractivity contribution < 1.29 is 0 Å². The number of aromatic amines is 2. The van der Waals surface area contributed by atoms with Crippen molar-refractivity contribution in [2.45, 2.75) is 13.0 Å². The zero-order chi connectivity index (χ0) is 13.1. The van der Waals surface area contributed by atoms with Gasteiger partial charge in [-0.25, -0.2) is 9.89 Å². The molecule has 2 rings (SSSR count). The van der Waals surface area contributed by atoms with Crippen LogP contribution in [0.5, 0.6) is 0 Å². The molecule has 2 heterocycles. The number of aromatic nitrogens is 3. The molecule has 0 aromatic carbocycles. The Morgan fingerprint density at radius 2 is 2.00 bits per heavy atom. The molecule has 8 heteroatoms. The van der Waals surface area contributed by atoms with Crippen molar-refractivity contribution in [2.24, 2.45) is 5.73 Å². The van der Waals surface area contributed by atoms with E-state index in [0.29, 0.717) is 25.7 Å². The Hall–Kier alpha value is -1.67. The zero-order valence-corrected chi connectivity index (χ0v) is 10.3. The molecular weight excluding hydrogens is 236 g/mol. The Balaban J connectivity index is 2.05. The summed E-state index contributed by atoms with van der Waals surface area (Å²) in [5, 5.41) is 6.04. The maximum Gasteiger partial charge on any atom is 0.342 e. The number of nitrogens with two attached hydrogens (primary N) is 1. The molecule has 1 aromatic heterocycles. The minimum atomic E-state index is -0.584. The fourth-order valence-corrected chi connectivity index (χ4v) is 2.08. The lowest BCUT2D eigenvalue weighted by atomic mass is 10.2. The summed E-state index contributed by atoms with van der Waals surface area (Å²) in [5.41, 5.74) is 4.60. The fraction of sp³-hybridized carbons (Fsp3) is 0.700. The van der Waals surface area contributed by atoms with Gasteiger partial charge in [0.1, 0.15) is 0 Å². The molecular formula is C10H18N6O2. The van der Waals surface area contributed by atoms with E-state index in [2.05, 4.69) is 27.0 Å². The third-order valence-corrected chi connectivity index (χ3v) is 3.27. The lowest BCUT2D eigenvalue weighted by molar-refractivity contribution is 0.200. The van der Waals surface area contributed by atoms with Crippen LogP contribution in [0.2, 0.25) is 0 Å². The maximum atomic E-state index is 11.6. The van der Waals surface area contributed by atoms with Crippen molar-refractivity contribution in [3.63, 3.8) is 0 Å². The largest absolute Gasteiger partial charge is 0.348 e. The standard InChI is InChI=1S/C10H18N6O2/c1-7(6-11)15-2-4-16(5-3-15)8-9(17)12-10(18)14-13-8/h7H,2-6,11H2,1H3,(H2,12,14,17,18). The smallest absolute Gasteiger partial charge is 0.342 e. The number of hydrogen-bond donors (Lipinski definition) is 3. The van der Waals surface area contributed by atoms with E-state index in [1.165, 1.54) is 0 Å². The van der Waals surface area contributed by atoms with Crippen LogP contribution in [0.25, 0.3) is 0 Å². The number of hydrogen-bond acceptors (Lipinski definition) is 6. The molecule has 1 saturated heterocycles. The first-order valence-electron chi connectivity index (χ1n) is 6.00. The second kappa shape index (κ2) is 5.32. The minimum Gasteiger partial charge on any atom is -0.348 e. The van der Waals surface area contributed by atoms with Gasteiger partial charge in [0, 0.05) is 38.8 Å². The quantitative estimate of drug-likeness (QED) is 0.571. The highest BCUT2D eigenvalue weighted by Gasteiger charge is 2.22. The summed E-state index contributed by atoms with van der Waals surface area (Å²) < 4.78 is 0. The van der Waals surface area contributed by atoms with Crippen molar-refractivity contribution in [3.05, 3.63) is 20.8 Å². The molecule has 1 fully saturated rings. The van der Waals surface area contributed by atoms with E-state index in [1.54, 1.807) is 0 Å². The van der Waals surface area contributed by atoms with Crippen molar-refractivity contribution in [2.75, 3.05) is 37.6 Å². The predicted molar refractivity (Wildman–Crippen MR) is 67.8 cm³/mol. The minimum absolute atomic E-state index is 0.273. The van der Waals surface area contributed by atoms with E-state index in [1.807, 2.05) is 4.90 Å². The molecule has 1 unspecified atom stereocenters. The highest BCUT2D eigenvalue weighted by atomic mass is 16.2. The lowest BCUT2D eigenvalue weighted by Gasteiger charge is -2.37. The maximum absolute atomic E-state index is 11.6. The van der Waals surface area contributed by atoms with Gasteiger partial charge in [-0.15, -0.1) is 5.10 Å². The molecule has 0 spiro atoms. The van der Waals surface area contributed by atoms with Gasteiger partial charge in [-0.05, 0) is 6.92 Å². The molecule has 0 radical (unpaired) electrons. The third kappa shape index (κ3) is 2.59. The first kappa shape index (κ1) is 12.8. The first-order valence-corrected chi connectivity index (χ1v) is 6.00. The molecule has 0 aliphatic carbocycles. The molecule has 1 aromatic rings. The van der Waals surface area contributed by atoms with Gasteiger partial charge in [0.25, 0.3) is 5.56 Å². The Morgan fingerprint density at radius 3 is 2.56 bits per heavy atom. The van der Waals surface area contributed by atoms with Gasteiger partial charge in [0.15, 0.2) is 0 Å². The van der Waals surface area contributed by atoms with E-state index in [4.69, 9.17) is 5.73 Å². The summed E-state index contributed by atoms with van der Waals surface area (Å²) in [7, 11) is 0. The van der Waals surface area contributed by atoms with E-state index in [0.717, 1.165) is 13.1 Å². The summed E-state index contributed by atoms with van der Waals surface area (Å²) in [6, 6.07) is 0.342. The van der Waals surface area contributed by atoms with E-state index < -0.39 is 11.2 Å². The molecule has 18 heavy (non-hydrogen) atoms. The van der Waals surface area contributed by atoms with Crippen LogP contribution < -0.4 is 21.9 Å². The molecule has 100 valence electrons. The molecule has 0 saturated carbocycles. The average molecular weight is 254 g/mol. The highest BCUT2D eigenvalue weighted by molar-refractivity contribution is 5.34. The Morgan fingerprint density at radius 1 is 1.33 bits per heavy atom. The second-order valence-electron chi connectivity index (χ2n) is 4.44. The molecule has 0 bridgehead atoms. The molecule has 0 amide bonds. The van der Waals surface area contributed by atoms with Gasteiger partial charge < -0.3 is 10.6 Å². The Labute approximate surface area is 104 Å². The summed E-state index contributed by atoms with van der Waals surface area (Å²) >= 11 is 0. The van der Waals surface area contributed by atoms with E-state index >= 15 is 0 Å². The lowest BCUT2D eigenvalue weighted by Crippen LogP contribution is -2.52. The average Bonchev–Trinajstić information content (AvgIpc) is 2.38. The number of piperazine rings is 1. The van der Waals surface area contributed by atoms with Crippen LogP contribution >= 0.6 is 0 Å². The number of nitrogens with zero attached hydrogens (tertiary/aromatic N) is 3. The van der Waals surface area contributed by atoms with Crippen LogP contribution in [0.3, 0.4) is 0 Å². The van der Waals surface area contributed by atoms with E-state index in [-0.39, 0.29) is 5.82 Å². The summed E-state index contributed by atoms with van der Waals surface area (Å²) in [6.07, 6.45) is 0. The summed E-state index contributed by atoms with van der Waals surface area (Å²) in [6.45, 7) is 5.77. The second-order valence-corrected chi connectivity index (χ2v) is 4.44. The summed E-state index contributed by atoms with van der Waals surface area (Å²) in [4.78, 5) is 28.8. The van der Waals surface area contributed by atoms with Crippen molar-refractivity contribution in [1.82, 2.24) is 20.1 Å². The van der Waals surface area contributed by atoms with Gasteiger partial charge in [0.05, 0.1) is 0 Å². The number of nitrogens with one attached hydrogen (secondary N) is 2. The molecule has 4 N–H and O–H groups in total. The van der Waals surface area contributed by atoms with Crippen LogP contribution in [0.15, 0.2) is 9.59 Å². The van der Waals surface area contributed by atoms with Gasteiger partial charge >= 0.3 is 5.69 Å². The van der Waals surface area contributed by atoms with Gasteiger partial charge in [-0.1, -0.05) is 0 Å². The monoisotopic (exact) mass is 254 g/mol. The number of anilines is 1. The normalized spacial score (nSPS) is 18.9. The van der Waals surface area contributed by atoms with Gasteiger partial charge in [-0.3, -0.25) is 14.7 Å². The van der Waals surface area contributed by atoms with E-state index in [9.17, 15) is 9.59 Å². The molecule has 1 aliphatic rings. The topological polar surface area (TPSA) is 111 Å². The first-order chi connectivity index (χ1) is 8.61. The molecule has 1 aliphatic heterocycles. The van der Waals surface area contributed by atoms with Crippen LogP contribution in [-0.4, -0.2) is 58.8 Å². The Kier molecular flexibility index (Phi) is 3.78. The van der Waals surface area contributed by atoms with Crippen LogP contribution in [0, 0.1) is 0 Å². The van der Waals surface area contributed by atoms with Crippen LogP contribution in [0.4, 0.5) is 5.82 Å². The number of rotatable bonds is 3. The van der Waals surface area contributed by atoms with Gasteiger partial charge in [0.2, 0.25) is 5.82 Å². The van der Waals surface area contributed by atoms with Crippen LogP contribution in [0.1, 0.15) is 6.92 Å². The predicted octanol–water partition coefficient (Wildman–Crippen LogP) is -2.07. The molecule has 1 atom stereocenters. The van der Waals surface area contributed by atoms with Gasteiger partial charge in [-0.2, -0.15) is 0 Å².